The smallest absolute Gasteiger partial charge is 0.338 e. The standard InChI is InChI=1S/C20H22N2O6S/c1-15(28-20(24)16-5-3-2-4-6-16)19(23)21-17-7-9-18(10-8-17)29(25,26)22-11-13-27-14-12-22/h2-10,15H,11-14H2,1H3,(H,21,23)/t15-/m0/s1. The lowest BCUT2D eigenvalue weighted by Crippen LogP contribution is -2.40. The molecule has 1 fully saturated rings. The van der Waals surface area contributed by atoms with Crippen molar-refractivity contribution in [1.82, 2.24) is 4.31 Å². The number of hydrogen-bond donors (Lipinski definition) is 1. The molecule has 1 heterocycles. The Kier molecular flexibility index (Phi) is 6.63. The van der Waals surface area contributed by atoms with Crippen molar-refractivity contribution in [1.29, 1.82) is 0 Å². The number of carbonyl (C=O) groups excluding carboxylic acids is 2. The predicted molar refractivity (Wildman–Crippen MR) is 106 cm³/mol. The molecule has 0 bridgehead atoms. The van der Waals surface area contributed by atoms with E-state index in [4.69, 9.17) is 9.47 Å². The van der Waals surface area contributed by atoms with E-state index in [9.17, 15) is 18.0 Å². The number of nitrogens with zero attached hydrogens (tertiary/aromatic N) is 1. The summed E-state index contributed by atoms with van der Waals surface area (Å²) in [5.41, 5.74) is 0.753. The number of morpholine rings is 1. The van der Waals surface area contributed by atoms with E-state index in [0.717, 1.165) is 0 Å². The van der Waals surface area contributed by atoms with Gasteiger partial charge in [-0.05, 0) is 43.3 Å². The van der Waals surface area contributed by atoms with Gasteiger partial charge in [0.1, 0.15) is 0 Å². The van der Waals surface area contributed by atoms with Gasteiger partial charge in [-0.15, -0.1) is 0 Å². The Hall–Kier alpha value is -2.75. The molecule has 1 N–H and O–H groups in total. The van der Waals surface area contributed by atoms with Gasteiger partial charge < -0.3 is 14.8 Å². The molecule has 1 aliphatic heterocycles. The molecule has 9 heteroatoms. The third-order valence-electron chi connectivity index (χ3n) is 4.39. The number of benzene rings is 2. The van der Waals surface area contributed by atoms with Crippen LogP contribution in [0.25, 0.3) is 0 Å². The Bertz CT molecular complexity index is 954. The zero-order valence-corrected chi connectivity index (χ0v) is 16.7. The first-order valence-corrected chi connectivity index (χ1v) is 10.6. The fourth-order valence-electron chi connectivity index (χ4n) is 2.75. The van der Waals surface area contributed by atoms with Crippen LogP contribution in [0.4, 0.5) is 5.69 Å². The first kappa shape index (κ1) is 21.0. The van der Waals surface area contributed by atoms with Gasteiger partial charge in [0.05, 0.1) is 23.7 Å². The largest absolute Gasteiger partial charge is 0.449 e. The van der Waals surface area contributed by atoms with E-state index in [1.165, 1.54) is 35.5 Å². The number of esters is 1. The van der Waals surface area contributed by atoms with Crippen LogP contribution in [0.3, 0.4) is 0 Å². The molecule has 2 aromatic carbocycles. The molecule has 0 saturated carbocycles. The number of sulfonamides is 1. The summed E-state index contributed by atoms with van der Waals surface area (Å²) in [7, 11) is -3.60. The van der Waals surface area contributed by atoms with Crippen LogP contribution in [0.2, 0.25) is 0 Å². The molecule has 1 amide bonds. The van der Waals surface area contributed by atoms with Gasteiger partial charge in [0.2, 0.25) is 10.0 Å². The molecule has 0 aliphatic carbocycles. The Balaban J connectivity index is 1.60. The first-order valence-electron chi connectivity index (χ1n) is 9.13. The van der Waals surface area contributed by atoms with E-state index >= 15 is 0 Å². The monoisotopic (exact) mass is 418 g/mol. The van der Waals surface area contributed by atoms with Crippen LogP contribution < -0.4 is 5.32 Å². The Morgan fingerprint density at radius 2 is 1.66 bits per heavy atom. The van der Waals surface area contributed by atoms with E-state index < -0.39 is 28.0 Å². The zero-order valence-electron chi connectivity index (χ0n) is 15.9. The Morgan fingerprint density at radius 1 is 1.03 bits per heavy atom. The minimum atomic E-state index is -3.60. The van der Waals surface area contributed by atoms with Crippen LogP contribution in [-0.4, -0.2) is 57.0 Å². The van der Waals surface area contributed by atoms with Gasteiger partial charge >= 0.3 is 5.97 Å². The van der Waals surface area contributed by atoms with Crippen LogP contribution >= 0.6 is 0 Å². The van der Waals surface area contributed by atoms with Gasteiger partial charge in [0, 0.05) is 18.8 Å². The van der Waals surface area contributed by atoms with Crippen LogP contribution in [-0.2, 0) is 24.3 Å². The third-order valence-corrected chi connectivity index (χ3v) is 6.31. The zero-order chi connectivity index (χ0) is 20.9. The second-order valence-corrected chi connectivity index (χ2v) is 8.38. The molecule has 0 spiro atoms. The van der Waals surface area contributed by atoms with E-state index in [-0.39, 0.29) is 4.90 Å². The van der Waals surface area contributed by atoms with Crippen molar-refractivity contribution in [2.45, 2.75) is 17.9 Å². The predicted octanol–water partition coefficient (Wildman–Crippen LogP) is 1.89. The van der Waals surface area contributed by atoms with Crippen molar-refractivity contribution >= 4 is 27.6 Å². The Labute approximate surface area is 169 Å². The molecule has 0 radical (unpaired) electrons. The third kappa shape index (κ3) is 5.20. The molecule has 0 unspecified atom stereocenters. The van der Waals surface area contributed by atoms with E-state index in [1.807, 2.05) is 0 Å². The lowest BCUT2D eigenvalue weighted by atomic mass is 10.2. The van der Waals surface area contributed by atoms with Crippen molar-refractivity contribution in [3.8, 4) is 0 Å². The molecule has 3 rings (SSSR count). The normalized spacial score (nSPS) is 16.0. The molecule has 1 aliphatic rings. The molecule has 0 aromatic heterocycles. The first-order chi connectivity index (χ1) is 13.9. The van der Waals surface area contributed by atoms with Gasteiger partial charge in [-0.2, -0.15) is 4.31 Å². The Morgan fingerprint density at radius 3 is 2.28 bits per heavy atom. The van der Waals surface area contributed by atoms with Gasteiger partial charge in [0.15, 0.2) is 6.10 Å². The van der Waals surface area contributed by atoms with E-state index in [0.29, 0.717) is 37.6 Å². The number of nitrogens with one attached hydrogen (secondary N) is 1. The summed E-state index contributed by atoms with van der Waals surface area (Å²) in [6.45, 7) is 2.82. The van der Waals surface area contributed by atoms with Gasteiger partial charge in [-0.1, -0.05) is 18.2 Å². The molecule has 1 atom stereocenters. The average Bonchev–Trinajstić information content (AvgIpc) is 2.75. The second-order valence-electron chi connectivity index (χ2n) is 6.44. The van der Waals surface area contributed by atoms with Crippen LogP contribution in [0, 0.1) is 0 Å². The summed E-state index contributed by atoms with van der Waals surface area (Å²) in [5, 5.41) is 2.61. The summed E-state index contributed by atoms with van der Waals surface area (Å²) in [6, 6.07) is 14.2. The highest BCUT2D eigenvalue weighted by molar-refractivity contribution is 7.89. The summed E-state index contributed by atoms with van der Waals surface area (Å²) >= 11 is 0. The van der Waals surface area contributed by atoms with E-state index in [2.05, 4.69) is 5.32 Å². The number of anilines is 1. The summed E-state index contributed by atoms with van der Waals surface area (Å²) < 4.78 is 36.9. The number of rotatable bonds is 6. The van der Waals surface area contributed by atoms with Crippen molar-refractivity contribution in [3.05, 3.63) is 60.2 Å². The number of amides is 1. The summed E-state index contributed by atoms with van der Waals surface area (Å²) in [5.74, 6) is -1.11. The molecular weight excluding hydrogens is 396 g/mol. The lowest BCUT2D eigenvalue weighted by molar-refractivity contribution is -0.123. The number of ether oxygens (including phenoxy) is 2. The quantitative estimate of drug-likeness (QED) is 0.719. The molecular formula is C20H22N2O6S. The fraction of sp³-hybridized carbons (Fsp3) is 0.300. The molecule has 154 valence electrons. The summed E-state index contributed by atoms with van der Waals surface area (Å²) in [6.07, 6.45) is -1.01. The maximum absolute atomic E-state index is 12.6. The molecule has 2 aromatic rings. The topological polar surface area (TPSA) is 102 Å². The van der Waals surface area contributed by atoms with Crippen molar-refractivity contribution in [2.24, 2.45) is 0 Å². The lowest BCUT2D eigenvalue weighted by Gasteiger charge is -2.26. The highest BCUT2D eigenvalue weighted by Crippen LogP contribution is 2.19. The maximum Gasteiger partial charge on any atom is 0.338 e. The second kappa shape index (κ2) is 9.17. The minimum Gasteiger partial charge on any atom is -0.449 e. The van der Waals surface area contributed by atoms with Gasteiger partial charge in [-0.25, -0.2) is 13.2 Å². The van der Waals surface area contributed by atoms with Crippen LogP contribution in [0.5, 0.6) is 0 Å². The molecule has 8 nitrogen and oxygen atoms in total. The van der Waals surface area contributed by atoms with Crippen molar-refractivity contribution in [3.63, 3.8) is 0 Å². The number of hydrogen-bond acceptors (Lipinski definition) is 6. The van der Waals surface area contributed by atoms with Crippen LogP contribution in [0.15, 0.2) is 59.5 Å². The van der Waals surface area contributed by atoms with Crippen molar-refractivity contribution < 1.29 is 27.5 Å². The van der Waals surface area contributed by atoms with E-state index in [1.54, 1.807) is 30.3 Å². The maximum atomic E-state index is 12.6. The number of carbonyl (C=O) groups is 2. The average molecular weight is 418 g/mol. The van der Waals surface area contributed by atoms with Gasteiger partial charge in [-0.3, -0.25) is 4.79 Å². The van der Waals surface area contributed by atoms with Crippen molar-refractivity contribution in [2.75, 3.05) is 31.6 Å². The molecule has 1 saturated heterocycles. The minimum absolute atomic E-state index is 0.140. The highest BCUT2D eigenvalue weighted by atomic mass is 32.2. The van der Waals surface area contributed by atoms with Crippen LogP contribution in [0.1, 0.15) is 17.3 Å². The SMILES string of the molecule is C[C@H](OC(=O)c1ccccc1)C(=O)Nc1ccc(S(=O)(=O)N2CCOCC2)cc1. The molecule has 29 heavy (non-hydrogen) atoms. The van der Waals surface area contributed by atoms with Gasteiger partial charge in [0.25, 0.3) is 5.91 Å². The highest BCUT2D eigenvalue weighted by Gasteiger charge is 2.26. The fourth-order valence-corrected chi connectivity index (χ4v) is 4.15. The summed E-state index contributed by atoms with van der Waals surface area (Å²) in [4.78, 5) is 24.5.